The van der Waals surface area contributed by atoms with Gasteiger partial charge in [-0.2, -0.15) is 26.3 Å². The van der Waals surface area contributed by atoms with Crippen LogP contribution in [0.15, 0.2) is 18.2 Å². The molecule has 0 aromatic heterocycles. The molecule has 0 bridgehead atoms. The van der Waals surface area contributed by atoms with Crippen LogP contribution in [0.3, 0.4) is 0 Å². The van der Waals surface area contributed by atoms with Crippen molar-refractivity contribution >= 4 is 40.8 Å². The highest BCUT2D eigenvalue weighted by atomic mass is 35.5. The van der Waals surface area contributed by atoms with E-state index in [2.05, 4.69) is 16.3 Å². The Morgan fingerprint density at radius 1 is 1.00 bits per heavy atom. The molecule has 21 heavy (non-hydrogen) atoms. The van der Waals surface area contributed by atoms with Gasteiger partial charge in [0.1, 0.15) is 5.75 Å². The van der Waals surface area contributed by atoms with Gasteiger partial charge in [-0.3, -0.25) is 0 Å². The van der Waals surface area contributed by atoms with Crippen LogP contribution in [0.1, 0.15) is 0 Å². The number of esters is 1. The van der Waals surface area contributed by atoms with Gasteiger partial charge in [-0.25, -0.2) is 4.79 Å². The first-order valence-corrected chi connectivity index (χ1v) is 5.94. The van der Waals surface area contributed by atoms with Crippen molar-refractivity contribution in [3.05, 3.63) is 28.2 Å². The van der Waals surface area contributed by atoms with Gasteiger partial charge in [0.05, 0.1) is 5.02 Å². The van der Waals surface area contributed by atoms with E-state index in [1.165, 1.54) is 0 Å². The van der Waals surface area contributed by atoms with Gasteiger partial charge < -0.3 is 4.74 Å². The lowest BCUT2D eigenvalue weighted by atomic mass is 10.1. The number of hydrogen-bond acceptors (Lipinski definition) is 2. The van der Waals surface area contributed by atoms with Crippen LogP contribution in [0.4, 0.5) is 26.3 Å². The van der Waals surface area contributed by atoms with Crippen molar-refractivity contribution in [1.29, 1.82) is 0 Å². The molecule has 0 unspecified atom stereocenters. The largest absolute Gasteiger partial charge is 0.427 e. The third-order valence-corrected chi connectivity index (χ3v) is 3.27. The summed E-state index contributed by atoms with van der Waals surface area (Å²) in [5, 5.41) is -0.428. The number of carbonyl (C=O) groups excluding carboxylic acids is 1. The van der Waals surface area contributed by atoms with E-state index in [-0.39, 0.29) is 5.02 Å². The van der Waals surface area contributed by atoms with E-state index in [4.69, 9.17) is 23.2 Å². The Kier molecular flexibility index (Phi) is 4.97. The smallest absolute Gasteiger partial charge is 0.423 e. The van der Waals surface area contributed by atoms with Crippen molar-refractivity contribution in [1.82, 2.24) is 0 Å². The Morgan fingerprint density at radius 3 is 1.86 bits per heavy atom. The maximum Gasteiger partial charge on any atom is 0.427 e. The Hall–Kier alpha value is -0.860. The summed E-state index contributed by atoms with van der Waals surface area (Å²) in [5.41, 5.74) is 0. The first-order valence-electron chi connectivity index (χ1n) is 4.80. The van der Waals surface area contributed by atoms with Crippen molar-refractivity contribution in [2.45, 2.75) is 17.2 Å². The minimum absolute atomic E-state index is 0.0311. The first kappa shape index (κ1) is 18.2. The Balaban J connectivity index is 3.20. The highest BCUT2D eigenvalue weighted by Gasteiger charge is 2.76. The second kappa shape index (κ2) is 5.73. The Labute approximate surface area is 128 Å². The van der Waals surface area contributed by atoms with Crippen molar-refractivity contribution in [3.8, 4) is 5.75 Å². The molecule has 0 aliphatic rings. The second-order valence-corrected chi connectivity index (χ2v) is 5.03. The van der Waals surface area contributed by atoms with Crippen LogP contribution in [0.2, 0.25) is 10.0 Å². The van der Waals surface area contributed by atoms with E-state index < -0.39 is 34.0 Å². The van der Waals surface area contributed by atoms with Crippen LogP contribution in [-0.4, -0.2) is 23.2 Å². The fourth-order valence-corrected chi connectivity index (χ4v) is 1.61. The van der Waals surface area contributed by atoms with Crippen LogP contribution >= 0.6 is 34.8 Å². The van der Waals surface area contributed by atoms with E-state index >= 15 is 0 Å². The Bertz CT molecular complexity index is 541. The van der Waals surface area contributed by atoms with Gasteiger partial charge in [0.15, 0.2) is 0 Å². The minimum Gasteiger partial charge on any atom is -0.423 e. The molecule has 0 aliphatic carbocycles. The molecule has 0 aliphatic heterocycles. The van der Waals surface area contributed by atoms with Gasteiger partial charge in [-0.05, 0) is 18.2 Å². The van der Waals surface area contributed by atoms with E-state index in [9.17, 15) is 31.1 Å². The first-order chi connectivity index (χ1) is 9.30. The highest BCUT2D eigenvalue weighted by Crippen LogP contribution is 2.49. The van der Waals surface area contributed by atoms with Gasteiger partial charge in [0, 0.05) is 5.02 Å². The molecule has 0 amide bonds. The lowest BCUT2D eigenvalue weighted by Crippen LogP contribution is -2.59. The zero-order valence-corrected chi connectivity index (χ0v) is 11.7. The summed E-state index contributed by atoms with van der Waals surface area (Å²) < 4.78 is 79.1. The number of ether oxygens (including phenoxy) is 1. The molecule has 0 atom stereocenters. The number of halogens is 9. The fourth-order valence-electron chi connectivity index (χ4n) is 1.12. The predicted octanol–water partition coefficient (Wildman–Crippen LogP) is 5.00. The molecule has 0 saturated carbocycles. The van der Waals surface area contributed by atoms with Gasteiger partial charge in [-0.1, -0.05) is 34.8 Å². The molecule has 0 N–H and O–H groups in total. The molecule has 2 nitrogen and oxygen atoms in total. The molecule has 1 rings (SSSR count). The highest BCUT2D eigenvalue weighted by molar-refractivity contribution is 6.37. The molecule has 1 aromatic carbocycles. The Morgan fingerprint density at radius 2 is 1.48 bits per heavy atom. The number of hydrogen-bond donors (Lipinski definition) is 0. The normalized spacial score (nSPS) is 13.2. The van der Waals surface area contributed by atoms with Crippen LogP contribution in [-0.2, 0) is 4.79 Å². The topological polar surface area (TPSA) is 26.3 Å². The fraction of sp³-hybridized carbons (Fsp3) is 0.300. The standard InChI is InChI=1S/C10H3Cl3F6O2/c11-4-1-2-6(5(12)3-4)21-7(20)8(13,9(14,15)16)10(17,18)19/h1-3H. The lowest BCUT2D eigenvalue weighted by Gasteiger charge is -2.29. The zero-order chi connectivity index (χ0) is 16.6. The molecule has 1 aromatic rings. The summed E-state index contributed by atoms with van der Waals surface area (Å²) >= 11 is 15.4. The van der Waals surface area contributed by atoms with E-state index in [1.54, 1.807) is 0 Å². The molecule has 0 heterocycles. The molecule has 11 heteroatoms. The number of benzene rings is 1. The molecule has 0 fully saturated rings. The van der Waals surface area contributed by atoms with Gasteiger partial charge in [-0.15, -0.1) is 0 Å². The second-order valence-electron chi connectivity index (χ2n) is 3.62. The van der Waals surface area contributed by atoms with E-state index in [1.807, 2.05) is 0 Å². The molecular formula is C10H3Cl3F6O2. The third-order valence-electron chi connectivity index (χ3n) is 2.16. The number of carbonyl (C=O) groups is 1. The molecule has 0 saturated heterocycles. The van der Waals surface area contributed by atoms with Crippen LogP contribution < -0.4 is 4.74 Å². The monoisotopic (exact) mass is 374 g/mol. The summed E-state index contributed by atoms with van der Waals surface area (Å²) in [4.78, 5) is 6.07. The molecule has 0 spiro atoms. The summed E-state index contributed by atoms with van der Waals surface area (Å²) in [6.45, 7) is 0. The number of alkyl halides is 7. The maximum absolute atomic E-state index is 12.5. The SMILES string of the molecule is O=C(Oc1ccc(Cl)cc1Cl)C(Cl)(C(F)(F)F)C(F)(F)F. The van der Waals surface area contributed by atoms with E-state index in [0.29, 0.717) is 0 Å². The predicted molar refractivity (Wildman–Crippen MR) is 62.8 cm³/mol. The van der Waals surface area contributed by atoms with Gasteiger partial charge in [0.25, 0.3) is 0 Å². The van der Waals surface area contributed by atoms with Crippen molar-refractivity contribution in [2.24, 2.45) is 0 Å². The van der Waals surface area contributed by atoms with Crippen molar-refractivity contribution in [3.63, 3.8) is 0 Å². The zero-order valence-electron chi connectivity index (χ0n) is 9.45. The van der Waals surface area contributed by atoms with Gasteiger partial charge >= 0.3 is 23.2 Å². The van der Waals surface area contributed by atoms with Crippen LogP contribution in [0.25, 0.3) is 0 Å². The maximum atomic E-state index is 12.5. The van der Waals surface area contributed by atoms with E-state index in [0.717, 1.165) is 18.2 Å². The van der Waals surface area contributed by atoms with Crippen molar-refractivity contribution in [2.75, 3.05) is 0 Å². The minimum atomic E-state index is -6.12. The average molecular weight is 375 g/mol. The summed E-state index contributed by atoms with van der Waals surface area (Å²) in [5.74, 6) is -3.52. The lowest BCUT2D eigenvalue weighted by molar-refractivity contribution is -0.265. The van der Waals surface area contributed by atoms with Crippen LogP contribution in [0.5, 0.6) is 5.75 Å². The summed E-state index contributed by atoms with van der Waals surface area (Å²) in [6.07, 6.45) is -12.2. The van der Waals surface area contributed by atoms with Gasteiger partial charge in [0.2, 0.25) is 0 Å². The molecular weight excluding hydrogens is 372 g/mol. The summed E-state index contributed by atoms with van der Waals surface area (Å²) in [6, 6.07) is 2.84. The quantitative estimate of drug-likeness (QED) is 0.315. The van der Waals surface area contributed by atoms with Crippen LogP contribution in [0, 0.1) is 0 Å². The number of rotatable bonds is 2. The molecule has 0 radical (unpaired) electrons. The third kappa shape index (κ3) is 3.49. The molecule has 118 valence electrons. The summed E-state index contributed by atoms with van der Waals surface area (Å²) in [7, 11) is 0. The average Bonchev–Trinajstić information content (AvgIpc) is 2.28. The van der Waals surface area contributed by atoms with Crippen molar-refractivity contribution < 1.29 is 35.9 Å².